The van der Waals surface area contributed by atoms with Crippen LogP contribution >= 0.6 is 0 Å². The van der Waals surface area contributed by atoms with Crippen LogP contribution < -0.4 is 10.6 Å². The first-order chi connectivity index (χ1) is 14.6. The first-order valence-electron chi connectivity index (χ1n) is 11.7. The number of nitrogens with zero attached hydrogens (tertiary/aromatic N) is 3. The summed E-state index contributed by atoms with van der Waals surface area (Å²) in [4.78, 5) is 21.2. The zero-order valence-electron chi connectivity index (χ0n) is 19.0. The summed E-state index contributed by atoms with van der Waals surface area (Å²) >= 11 is 0. The van der Waals surface area contributed by atoms with Crippen molar-refractivity contribution in [1.29, 1.82) is 0 Å². The number of amides is 1. The minimum atomic E-state index is 0.236. The minimum absolute atomic E-state index is 0.236. The van der Waals surface area contributed by atoms with Gasteiger partial charge in [-0.05, 0) is 50.8 Å². The van der Waals surface area contributed by atoms with E-state index in [0.29, 0.717) is 19.0 Å². The van der Waals surface area contributed by atoms with Gasteiger partial charge in [-0.15, -0.1) is 0 Å². The summed E-state index contributed by atoms with van der Waals surface area (Å²) < 4.78 is 0. The van der Waals surface area contributed by atoms with E-state index in [0.717, 1.165) is 38.6 Å². The molecule has 6 heteroatoms. The third-order valence-corrected chi connectivity index (χ3v) is 6.30. The van der Waals surface area contributed by atoms with Gasteiger partial charge in [0.1, 0.15) is 0 Å². The molecule has 0 radical (unpaired) electrons. The molecule has 0 bridgehead atoms. The van der Waals surface area contributed by atoms with Crippen molar-refractivity contribution >= 4 is 11.9 Å². The second-order valence-corrected chi connectivity index (χ2v) is 8.65. The Hall–Kier alpha value is -2.08. The van der Waals surface area contributed by atoms with Crippen LogP contribution in [0.2, 0.25) is 0 Å². The van der Waals surface area contributed by atoms with Crippen molar-refractivity contribution in [3.63, 3.8) is 0 Å². The average molecular weight is 414 g/mol. The monoisotopic (exact) mass is 413 g/mol. The van der Waals surface area contributed by atoms with E-state index < -0.39 is 0 Å². The highest BCUT2D eigenvalue weighted by Crippen LogP contribution is 2.19. The zero-order valence-corrected chi connectivity index (χ0v) is 19.0. The Labute approximate surface area is 182 Å². The van der Waals surface area contributed by atoms with Crippen LogP contribution in [0.4, 0.5) is 0 Å². The molecule has 2 fully saturated rings. The number of guanidine groups is 1. The second-order valence-electron chi connectivity index (χ2n) is 8.65. The molecule has 0 aromatic heterocycles. The van der Waals surface area contributed by atoms with Gasteiger partial charge in [0.05, 0.1) is 6.54 Å². The summed E-state index contributed by atoms with van der Waals surface area (Å²) in [6.07, 6.45) is 5.55. The van der Waals surface area contributed by atoms with Gasteiger partial charge >= 0.3 is 0 Å². The van der Waals surface area contributed by atoms with Crippen molar-refractivity contribution in [2.75, 3.05) is 26.2 Å². The normalized spacial score (nSPS) is 22.9. The van der Waals surface area contributed by atoms with E-state index in [9.17, 15) is 4.79 Å². The Morgan fingerprint density at radius 3 is 2.57 bits per heavy atom. The van der Waals surface area contributed by atoms with Gasteiger partial charge in [-0.3, -0.25) is 9.69 Å². The smallest absolute Gasteiger partial charge is 0.222 e. The van der Waals surface area contributed by atoms with Crippen LogP contribution in [-0.2, 0) is 17.9 Å². The molecule has 1 aromatic carbocycles. The van der Waals surface area contributed by atoms with Gasteiger partial charge in [0.25, 0.3) is 0 Å². The van der Waals surface area contributed by atoms with E-state index in [1.165, 1.54) is 36.9 Å². The lowest BCUT2D eigenvalue weighted by atomic mass is 10.0. The Morgan fingerprint density at radius 1 is 1.10 bits per heavy atom. The number of carbonyl (C=O) groups is 1. The van der Waals surface area contributed by atoms with Crippen LogP contribution in [0.15, 0.2) is 29.3 Å². The van der Waals surface area contributed by atoms with Crippen LogP contribution in [0.3, 0.4) is 0 Å². The Balaban J connectivity index is 1.52. The zero-order chi connectivity index (χ0) is 21.3. The number of hydrogen-bond donors (Lipinski definition) is 2. The molecule has 3 rings (SSSR count). The Bertz CT molecular complexity index is 702. The highest BCUT2D eigenvalue weighted by molar-refractivity contribution is 5.80. The van der Waals surface area contributed by atoms with Gasteiger partial charge in [0, 0.05) is 44.7 Å². The van der Waals surface area contributed by atoms with Crippen molar-refractivity contribution in [2.45, 2.75) is 78.0 Å². The standard InChI is InChI=1S/C24H39N5O/c1-4-23(30)29-15-13-22(18-29)27-24(25-5-2)26-16-20-9-11-21(12-10-20)17-28-14-7-6-8-19(28)3/h9-12,19,22H,4-8,13-18H2,1-3H3,(H2,25,26,27). The van der Waals surface area contributed by atoms with Crippen LogP contribution in [0, 0.1) is 0 Å². The first kappa shape index (κ1) is 22.6. The first-order valence-corrected chi connectivity index (χ1v) is 11.7. The number of hydrogen-bond acceptors (Lipinski definition) is 3. The van der Waals surface area contributed by atoms with E-state index in [4.69, 9.17) is 4.99 Å². The molecular weight excluding hydrogens is 374 g/mol. The fraction of sp³-hybridized carbons (Fsp3) is 0.667. The molecule has 2 saturated heterocycles. The van der Waals surface area contributed by atoms with Crippen molar-refractivity contribution < 1.29 is 4.79 Å². The lowest BCUT2D eigenvalue weighted by Crippen LogP contribution is -2.45. The fourth-order valence-corrected chi connectivity index (χ4v) is 4.39. The van der Waals surface area contributed by atoms with Gasteiger partial charge < -0.3 is 15.5 Å². The van der Waals surface area contributed by atoms with Crippen LogP contribution in [0.5, 0.6) is 0 Å². The molecule has 0 saturated carbocycles. The molecule has 2 aliphatic rings. The topological polar surface area (TPSA) is 60.0 Å². The molecule has 1 aromatic rings. The molecule has 2 aliphatic heterocycles. The second kappa shape index (κ2) is 11.3. The van der Waals surface area contributed by atoms with Crippen molar-refractivity contribution in [1.82, 2.24) is 20.4 Å². The number of nitrogens with one attached hydrogen (secondary N) is 2. The summed E-state index contributed by atoms with van der Waals surface area (Å²) in [6, 6.07) is 9.86. The Kier molecular flexibility index (Phi) is 8.55. The lowest BCUT2D eigenvalue weighted by Gasteiger charge is -2.33. The van der Waals surface area contributed by atoms with Crippen LogP contribution in [0.25, 0.3) is 0 Å². The SMILES string of the molecule is CCNC(=NCc1ccc(CN2CCCCC2C)cc1)NC1CCN(C(=O)CC)C1. The summed E-state index contributed by atoms with van der Waals surface area (Å²) in [7, 11) is 0. The highest BCUT2D eigenvalue weighted by atomic mass is 16.2. The number of rotatable bonds is 7. The molecular formula is C24H39N5O. The third kappa shape index (κ3) is 6.46. The average Bonchev–Trinajstić information content (AvgIpc) is 3.23. The number of likely N-dealkylation sites (tertiary alicyclic amines) is 2. The molecule has 2 atom stereocenters. The fourth-order valence-electron chi connectivity index (χ4n) is 4.39. The number of aliphatic imine (C=N–C) groups is 1. The summed E-state index contributed by atoms with van der Waals surface area (Å²) in [5.74, 6) is 1.07. The van der Waals surface area contributed by atoms with Gasteiger partial charge in [-0.1, -0.05) is 37.6 Å². The predicted molar refractivity (Wildman–Crippen MR) is 123 cm³/mol. The van der Waals surface area contributed by atoms with Crippen molar-refractivity contribution in [3.8, 4) is 0 Å². The number of carbonyl (C=O) groups excluding carboxylic acids is 1. The molecule has 30 heavy (non-hydrogen) atoms. The number of piperidine rings is 1. The van der Waals surface area contributed by atoms with E-state index in [1.807, 2.05) is 11.8 Å². The van der Waals surface area contributed by atoms with E-state index in [1.54, 1.807) is 0 Å². The predicted octanol–water partition coefficient (Wildman–Crippen LogP) is 3.13. The van der Waals surface area contributed by atoms with Crippen LogP contribution in [0.1, 0.15) is 64.0 Å². The quantitative estimate of drug-likeness (QED) is 0.533. The maximum absolute atomic E-state index is 11.9. The highest BCUT2D eigenvalue weighted by Gasteiger charge is 2.25. The van der Waals surface area contributed by atoms with Gasteiger partial charge in [-0.25, -0.2) is 4.99 Å². The molecule has 166 valence electrons. The van der Waals surface area contributed by atoms with Gasteiger partial charge in [-0.2, -0.15) is 0 Å². The van der Waals surface area contributed by atoms with Crippen molar-refractivity contribution in [2.24, 2.45) is 4.99 Å². The number of benzene rings is 1. The van der Waals surface area contributed by atoms with E-state index in [-0.39, 0.29) is 11.9 Å². The molecule has 2 heterocycles. The van der Waals surface area contributed by atoms with E-state index >= 15 is 0 Å². The largest absolute Gasteiger partial charge is 0.357 e. The molecule has 0 aliphatic carbocycles. The third-order valence-electron chi connectivity index (χ3n) is 6.30. The maximum Gasteiger partial charge on any atom is 0.222 e. The van der Waals surface area contributed by atoms with Gasteiger partial charge in [0.2, 0.25) is 5.91 Å². The van der Waals surface area contributed by atoms with Gasteiger partial charge in [0.15, 0.2) is 5.96 Å². The summed E-state index contributed by atoms with van der Waals surface area (Å²) in [5, 5.41) is 6.84. The summed E-state index contributed by atoms with van der Waals surface area (Å²) in [5.41, 5.74) is 2.60. The minimum Gasteiger partial charge on any atom is -0.357 e. The molecule has 2 unspecified atom stereocenters. The Morgan fingerprint density at radius 2 is 1.87 bits per heavy atom. The maximum atomic E-state index is 11.9. The molecule has 1 amide bonds. The molecule has 0 spiro atoms. The summed E-state index contributed by atoms with van der Waals surface area (Å²) in [6.45, 7) is 11.7. The van der Waals surface area contributed by atoms with E-state index in [2.05, 4.69) is 53.6 Å². The molecule has 2 N–H and O–H groups in total. The van der Waals surface area contributed by atoms with Crippen molar-refractivity contribution in [3.05, 3.63) is 35.4 Å². The molecule has 6 nitrogen and oxygen atoms in total. The van der Waals surface area contributed by atoms with Crippen LogP contribution in [-0.4, -0.2) is 59.9 Å². The lowest BCUT2D eigenvalue weighted by molar-refractivity contribution is -0.129.